The Hall–Kier alpha value is -1.26. The standard InChI is InChI=1S/C10H16N2O3/c1-11-7-4-3-6(9(13)14)5-8(7)12(2)10(11)15/h6-8H,3-5H2,1-2H3,(H,13,14). The van der Waals surface area contributed by atoms with E-state index in [1.54, 1.807) is 23.9 Å². The summed E-state index contributed by atoms with van der Waals surface area (Å²) in [5, 5.41) is 8.96. The lowest BCUT2D eigenvalue weighted by Gasteiger charge is -2.32. The Bertz CT molecular complexity index is 305. The second kappa shape index (κ2) is 3.40. The van der Waals surface area contributed by atoms with E-state index < -0.39 is 5.97 Å². The Balaban J connectivity index is 2.14. The van der Waals surface area contributed by atoms with Gasteiger partial charge in [0, 0.05) is 14.1 Å². The normalized spacial score (nSPS) is 35.6. The number of aliphatic carboxylic acids is 1. The highest BCUT2D eigenvalue weighted by molar-refractivity contribution is 5.78. The maximum Gasteiger partial charge on any atom is 0.320 e. The predicted molar refractivity (Wildman–Crippen MR) is 53.5 cm³/mol. The van der Waals surface area contributed by atoms with E-state index in [-0.39, 0.29) is 24.0 Å². The zero-order valence-corrected chi connectivity index (χ0v) is 9.01. The minimum Gasteiger partial charge on any atom is -0.481 e. The first kappa shape index (κ1) is 10.3. The zero-order valence-electron chi connectivity index (χ0n) is 9.01. The number of urea groups is 1. The van der Waals surface area contributed by atoms with E-state index in [1.165, 1.54) is 0 Å². The van der Waals surface area contributed by atoms with Gasteiger partial charge in [0.2, 0.25) is 0 Å². The molecule has 0 aromatic heterocycles. The molecular formula is C10H16N2O3. The van der Waals surface area contributed by atoms with Gasteiger partial charge in [-0.1, -0.05) is 0 Å². The van der Waals surface area contributed by atoms with E-state index in [4.69, 9.17) is 5.11 Å². The van der Waals surface area contributed by atoms with Crippen molar-refractivity contribution in [1.29, 1.82) is 0 Å². The summed E-state index contributed by atoms with van der Waals surface area (Å²) in [6, 6.07) is 0.298. The van der Waals surface area contributed by atoms with Crippen molar-refractivity contribution in [2.75, 3.05) is 14.1 Å². The third-order valence-electron chi connectivity index (χ3n) is 3.73. The van der Waals surface area contributed by atoms with Gasteiger partial charge in [0.25, 0.3) is 0 Å². The van der Waals surface area contributed by atoms with Crippen LogP contribution in [0.3, 0.4) is 0 Å². The highest BCUT2D eigenvalue weighted by Gasteiger charge is 2.46. The number of rotatable bonds is 1. The molecular weight excluding hydrogens is 196 g/mol. The van der Waals surface area contributed by atoms with Crippen molar-refractivity contribution in [3.05, 3.63) is 0 Å². The van der Waals surface area contributed by atoms with Gasteiger partial charge in [0.15, 0.2) is 0 Å². The quantitative estimate of drug-likeness (QED) is 0.692. The van der Waals surface area contributed by atoms with Crippen molar-refractivity contribution in [3.8, 4) is 0 Å². The Kier molecular flexibility index (Phi) is 2.32. The number of nitrogens with zero attached hydrogens (tertiary/aromatic N) is 2. The van der Waals surface area contributed by atoms with Gasteiger partial charge in [-0.25, -0.2) is 4.79 Å². The second-order valence-electron chi connectivity index (χ2n) is 4.49. The number of hydrogen-bond acceptors (Lipinski definition) is 2. The van der Waals surface area contributed by atoms with E-state index >= 15 is 0 Å². The molecule has 5 heteroatoms. The third kappa shape index (κ3) is 1.46. The summed E-state index contributed by atoms with van der Waals surface area (Å²) in [4.78, 5) is 26.0. The average molecular weight is 212 g/mol. The fraction of sp³-hybridized carbons (Fsp3) is 0.800. The van der Waals surface area contributed by atoms with Crippen LogP contribution in [0.4, 0.5) is 4.79 Å². The number of carbonyl (C=O) groups excluding carboxylic acids is 1. The SMILES string of the molecule is CN1C(=O)N(C)C2CC(C(=O)O)CCC21. The molecule has 1 heterocycles. The van der Waals surface area contributed by atoms with Crippen LogP contribution in [0.2, 0.25) is 0 Å². The fourth-order valence-electron chi connectivity index (χ4n) is 2.76. The first-order chi connectivity index (χ1) is 7.02. The highest BCUT2D eigenvalue weighted by Crippen LogP contribution is 2.35. The second-order valence-corrected chi connectivity index (χ2v) is 4.49. The molecule has 0 aromatic rings. The molecule has 84 valence electrons. The van der Waals surface area contributed by atoms with E-state index in [9.17, 15) is 9.59 Å². The largest absolute Gasteiger partial charge is 0.481 e. The highest BCUT2D eigenvalue weighted by atomic mass is 16.4. The van der Waals surface area contributed by atoms with Gasteiger partial charge in [0.05, 0.1) is 18.0 Å². The molecule has 2 rings (SSSR count). The molecule has 2 aliphatic rings. The van der Waals surface area contributed by atoms with Gasteiger partial charge >= 0.3 is 12.0 Å². The number of fused-ring (bicyclic) bond motifs is 1. The van der Waals surface area contributed by atoms with Gasteiger partial charge in [-0.2, -0.15) is 0 Å². The van der Waals surface area contributed by atoms with Gasteiger partial charge < -0.3 is 14.9 Å². The smallest absolute Gasteiger partial charge is 0.320 e. The number of amides is 2. The van der Waals surface area contributed by atoms with Crippen molar-refractivity contribution in [3.63, 3.8) is 0 Å². The Morgan fingerprint density at radius 3 is 2.47 bits per heavy atom. The summed E-state index contributed by atoms with van der Waals surface area (Å²) in [6.45, 7) is 0. The third-order valence-corrected chi connectivity index (χ3v) is 3.73. The molecule has 2 fully saturated rings. The lowest BCUT2D eigenvalue weighted by atomic mass is 9.82. The summed E-state index contributed by atoms with van der Waals surface area (Å²) < 4.78 is 0. The molecule has 3 unspecified atom stereocenters. The van der Waals surface area contributed by atoms with Crippen LogP contribution in [0.25, 0.3) is 0 Å². The zero-order chi connectivity index (χ0) is 11.2. The van der Waals surface area contributed by atoms with Crippen molar-refractivity contribution >= 4 is 12.0 Å². The van der Waals surface area contributed by atoms with Crippen LogP contribution in [0.15, 0.2) is 0 Å². The number of likely N-dealkylation sites (N-methyl/N-ethyl adjacent to an activating group) is 2. The van der Waals surface area contributed by atoms with Gasteiger partial charge in [-0.3, -0.25) is 4.79 Å². The van der Waals surface area contributed by atoms with E-state index in [1.807, 2.05) is 0 Å². The van der Waals surface area contributed by atoms with Crippen LogP contribution in [0.5, 0.6) is 0 Å². The summed E-state index contributed by atoms with van der Waals surface area (Å²) in [7, 11) is 3.55. The molecule has 2 amide bonds. The van der Waals surface area contributed by atoms with Crippen LogP contribution in [0, 0.1) is 5.92 Å². The molecule has 15 heavy (non-hydrogen) atoms. The molecule has 1 aliphatic heterocycles. The lowest BCUT2D eigenvalue weighted by molar-refractivity contribution is -0.143. The van der Waals surface area contributed by atoms with E-state index in [0.717, 1.165) is 6.42 Å². The van der Waals surface area contributed by atoms with Crippen molar-refractivity contribution in [1.82, 2.24) is 9.80 Å². The van der Waals surface area contributed by atoms with E-state index in [2.05, 4.69) is 0 Å². The van der Waals surface area contributed by atoms with E-state index in [0.29, 0.717) is 12.8 Å². The number of carbonyl (C=O) groups is 2. The molecule has 0 spiro atoms. The Labute approximate surface area is 88.6 Å². The molecule has 1 N–H and O–H groups in total. The van der Waals surface area contributed by atoms with Gasteiger partial charge in [-0.15, -0.1) is 0 Å². The molecule has 5 nitrogen and oxygen atoms in total. The minimum absolute atomic E-state index is 0.0102. The monoisotopic (exact) mass is 212 g/mol. The molecule has 3 atom stereocenters. The average Bonchev–Trinajstić information content (AvgIpc) is 2.44. The van der Waals surface area contributed by atoms with Crippen molar-refractivity contribution < 1.29 is 14.7 Å². The summed E-state index contributed by atoms with van der Waals surface area (Å²) in [5.41, 5.74) is 0. The Morgan fingerprint density at radius 2 is 1.87 bits per heavy atom. The van der Waals surface area contributed by atoms with Crippen LogP contribution < -0.4 is 0 Å². The predicted octanol–water partition coefficient (Wildman–Crippen LogP) is 0.605. The summed E-state index contributed by atoms with van der Waals surface area (Å²) in [6.07, 6.45) is 2.07. The van der Waals surface area contributed by atoms with Crippen molar-refractivity contribution in [2.24, 2.45) is 5.92 Å². The molecule has 1 saturated heterocycles. The van der Waals surface area contributed by atoms with Gasteiger partial charge in [-0.05, 0) is 19.3 Å². The first-order valence-electron chi connectivity index (χ1n) is 5.24. The molecule has 1 saturated carbocycles. The van der Waals surface area contributed by atoms with Crippen LogP contribution in [-0.2, 0) is 4.79 Å². The molecule has 0 aromatic carbocycles. The van der Waals surface area contributed by atoms with Gasteiger partial charge in [0.1, 0.15) is 0 Å². The maximum atomic E-state index is 11.7. The number of carboxylic acid groups (broad SMARTS) is 1. The lowest BCUT2D eigenvalue weighted by Crippen LogP contribution is -2.42. The van der Waals surface area contributed by atoms with Crippen molar-refractivity contribution in [2.45, 2.75) is 31.3 Å². The van der Waals surface area contributed by atoms with Crippen LogP contribution >= 0.6 is 0 Å². The summed E-state index contributed by atoms with van der Waals surface area (Å²) >= 11 is 0. The Morgan fingerprint density at radius 1 is 1.27 bits per heavy atom. The fourth-order valence-corrected chi connectivity index (χ4v) is 2.76. The topological polar surface area (TPSA) is 60.9 Å². The number of hydrogen-bond donors (Lipinski definition) is 1. The molecule has 0 bridgehead atoms. The first-order valence-corrected chi connectivity index (χ1v) is 5.24. The summed E-state index contributed by atoms with van der Waals surface area (Å²) in [5.74, 6) is -1.02. The molecule has 1 aliphatic carbocycles. The number of carboxylic acids is 1. The molecule has 0 radical (unpaired) electrons. The van der Waals surface area contributed by atoms with Crippen LogP contribution in [-0.4, -0.2) is 53.1 Å². The minimum atomic E-state index is -0.733. The van der Waals surface area contributed by atoms with Crippen LogP contribution in [0.1, 0.15) is 19.3 Å². The maximum absolute atomic E-state index is 11.7.